The topological polar surface area (TPSA) is 53.7 Å². The molecule has 1 heterocycles. The van der Waals surface area contributed by atoms with Crippen molar-refractivity contribution >= 4 is 22.6 Å². The lowest BCUT2D eigenvalue weighted by Crippen LogP contribution is -2.20. The molecule has 1 N–H and O–H groups in total. The number of fused-ring (bicyclic) bond motifs is 1. The van der Waals surface area contributed by atoms with Gasteiger partial charge < -0.3 is 14.4 Å². The maximum absolute atomic E-state index is 10.5. The number of benzene rings is 1. The number of para-hydroxylation sites is 1. The second kappa shape index (κ2) is 4.26. The molecule has 0 bridgehead atoms. The Morgan fingerprint density at radius 3 is 2.94 bits per heavy atom. The van der Waals surface area contributed by atoms with Gasteiger partial charge in [-0.15, -0.1) is 0 Å². The van der Waals surface area contributed by atoms with Crippen LogP contribution in [0.5, 0.6) is 0 Å². The summed E-state index contributed by atoms with van der Waals surface area (Å²) in [5.74, 6) is -0.792. The summed E-state index contributed by atoms with van der Waals surface area (Å²) in [5.41, 5.74) is 1.75. The van der Waals surface area contributed by atoms with Crippen molar-refractivity contribution in [3.8, 4) is 0 Å². The fourth-order valence-electron chi connectivity index (χ4n) is 1.64. The van der Waals surface area contributed by atoms with E-state index in [4.69, 9.17) is 9.52 Å². The molecule has 2 aromatic rings. The van der Waals surface area contributed by atoms with Gasteiger partial charge in [0.05, 0.1) is 12.1 Å². The first-order chi connectivity index (χ1) is 7.68. The lowest BCUT2D eigenvalue weighted by atomic mass is 10.2. The highest BCUT2D eigenvalue weighted by Gasteiger charge is 2.10. The van der Waals surface area contributed by atoms with E-state index < -0.39 is 5.97 Å². The minimum absolute atomic E-state index is 0.121. The molecule has 0 saturated carbocycles. The molecule has 0 atom stereocenters. The van der Waals surface area contributed by atoms with Gasteiger partial charge >= 0.3 is 5.97 Å². The summed E-state index contributed by atoms with van der Waals surface area (Å²) in [6.45, 7) is 0.471. The Labute approximate surface area is 93.1 Å². The van der Waals surface area contributed by atoms with Gasteiger partial charge in [0, 0.05) is 19.0 Å². The molecule has 0 aliphatic rings. The highest BCUT2D eigenvalue weighted by atomic mass is 16.4. The number of carboxylic acid groups (broad SMARTS) is 1. The smallest absolute Gasteiger partial charge is 0.305 e. The third-order valence-electron chi connectivity index (χ3n) is 2.53. The molecular formula is C12H13NO3. The highest BCUT2D eigenvalue weighted by molar-refractivity contribution is 5.90. The van der Waals surface area contributed by atoms with Gasteiger partial charge in [-0.1, -0.05) is 12.1 Å². The van der Waals surface area contributed by atoms with Gasteiger partial charge in [0.25, 0.3) is 0 Å². The molecule has 4 nitrogen and oxygen atoms in total. The van der Waals surface area contributed by atoms with Crippen LogP contribution in [0.1, 0.15) is 6.42 Å². The van der Waals surface area contributed by atoms with Crippen LogP contribution in [0.4, 0.5) is 5.69 Å². The highest BCUT2D eigenvalue weighted by Crippen LogP contribution is 2.27. The third kappa shape index (κ3) is 2.00. The number of carboxylic acids is 1. The zero-order valence-corrected chi connectivity index (χ0v) is 9.01. The predicted octanol–water partition coefficient (Wildman–Crippen LogP) is 2.34. The Kier molecular flexibility index (Phi) is 2.81. The number of anilines is 1. The summed E-state index contributed by atoms with van der Waals surface area (Å²) in [6.07, 6.45) is 1.78. The molecule has 16 heavy (non-hydrogen) atoms. The lowest BCUT2D eigenvalue weighted by molar-refractivity contribution is -0.136. The minimum Gasteiger partial charge on any atom is -0.481 e. The second-order valence-electron chi connectivity index (χ2n) is 3.68. The van der Waals surface area contributed by atoms with Crippen LogP contribution in [0.3, 0.4) is 0 Å². The summed E-state index contributed by atoms with van der Waals surface area (Å²) >= 11 is 0. The number of hydrogen-bond acceptors (Lipinski definition) is 3. The number of hydrogen-bond donors (Lipinski definition) is 1. The van der Waals surface area contributed by atoms with Gasteiger partial charge in [-0.25, -0.2) is 0 Å². The molecular weight excluding hydrogens is 206 g/mol. The van der Waals surface area contributed by atoms with Crippen LogP contribution in [0, 0.1) is 0 Å². The van der Waals surface area contributed by atoms with Crippen LogP contribution in [-0.2, 0) is 4.79 Å². The van der Waals surface area contributed by atoms with Gasteiger partial charge in [-0.05, 0) is 12.1 Å². The first-order valence-corrected chi connectivity index (χ1v) is 5.07. The minimum atomic E-state index is -0.792. The maximum atomic E-state index is 10.5. The number of nitrogens with zero attached hydrogens (tertiary/aromatic N) is 1. The van der Waals surface area contributed by atoms with E-state index >= 15 is 0 Å². The van der Waals surface area contributed by atoms with Crippen molar-refractivity contribution in [2.24, 2.45) is 0 Å². The zero-order chi connectivity index (χ0) is 11.5. The van der Waals surface area contributed by atoms with E-state index in [1.54, 1.807) is 6.26 Å². The monoisotopic (exact) mass is 219 g/mol. The van der Waals surface area contributed by atoms with Gasteiger partial charge in [-0.2, -0.15) is 0 Å². The molecule has 0 aliphatic carbocycles. The summed E-state index contributed by atoms with van der Waals surface area (Å²) in [7, 11) is 1.86. The Morgan fingerprint density at radius 1 is 1.44 bits per heavy atom. The molecule has 0 saturated heterocycles. The second-order valence-corrected chi connectivity index (χ2v) is 3.68. The summed E-state index contributed by atoms with van der Waals surface area (Å²) in [5, 5.41) is 9.63. The van der Waals surface area contributed by atoms with E-state index in [0.29, 0.717) is 6.54 Å². The molecule has 0 spiro atoms. The summed E-state index contributed by atoms with van der Waals surface area (Å²) < 4.78 is 5.39. The molecule has 0 radical (unpaired) electrons. The first kappa shape index (κ1) is 10.5. The van der Waals surface area contributed by atoms with E-state index in [9.17, 15) is 4.79 Å². The van der Waals surface area contributed by atoms with E-state index in [2.05, 4.69) is 0 Å². The fraction of sp³-hybridized carbons (Fsp3) is 0.250. The van der Waals surface area contributed by atoms with Crippen LogP contribution in [-0.4, -0.2) is 24.7 Å². The number of furan rings is 1. The van der Waals surface area contributed by atoms with Gasteiger partial charge in [0.2, 0.25) is 0 Å². The fourth-order valence-corrected chi connectivity index (χ4v) is 1.64. The quantitative estimate of drug-likeness (QED) is 0.857. The number of aliphatic carboxylic acids is 1. The van der Waals surface area contributed by atoms with Crippen molar-refractivity contribution in [1.29, 1.82) is 0 Å². The Hall–Kier alpha value is -1.97. The van der Waals surface area contributed by atoms with Crippen molar-refractivity contribution in [2.45, 2.75) is 6.42 Å². The molecule has 0 amide bonds. The Balaban J connectivity index is 2.22. The van der Waals surface area contributed by atoms with Crippen molar-refractivity contribution in [3.05, 3.63) is 30.5 Å². The Morgan fingerprint density at radius 2 is 2.19 bits per heavy atom. The first-order valence-electron chi connectivity index (χ1n) is 5.07. The van der Waals surface area contributed by atoms with Crippen LogP contribution >= 0.6 is 0 Å². The number of carbonyl (C=O) groups is 1. The lowest BCUT2D eigenvalue weighted by Gasteiger charge is -2.15. The van der Waals surface area contributed by atoms with Crippen LogP contribution in [0.2, 0.25) is 0 Å². The van der Waals surface area contributed by atoms with E-state index in [-0.39, 0.29) is 6.42 Å². The standard InChI is InChI=1S/C12H13NO3/c1-13(7-6-12(14)15)10-8-16-11-5-3-2-4-9(10)11/h2-5,8H,6-7H2,1H3,(H,14,15). The molecule has 0 unspecified atom stereocenters. The summed E-state index contributed by atoms with van der Waals surface area (Å²) in [4.78, 5) is 12.4. The molecule has 1 aromatic carbocycles. The van der Waals surface area contributed by atoms with E-state index in [0.717, 1.165) is 16.7 Å². The molecule has 84 valence electrons. The van der Waals surface area contributed by atoms with Gasteiger partial charge in [0.1, 0.15) is 11.8 Å². The van der Waals surface area contributed by atoms with Crippen molar-refractivity contribution in [3.63, 3.8) is 0 Å². The van der Waals surface area contributed by atoms with Crippen LogP contribution < -0.4 is 4.90 Å². The van der Waals surface area contributed by atoms with Gasteiger partial charge in [-0.3, -0.25) is 4.79 Å². The largest absolute Gasteiger partial charge is 0.481 e. The predicted molar refractivity (Wildman–Crippen MR) is 61.7 cm³/mol. The van der Waals surface area contributed by atoms with Gasteiger partial charge in [0.15, 0.2) is 0 Å². The SMILES string of the molecule is CN(CCC(=O)O)c1coc2ccccc12. The average molecular weight is 219 g/mol. The Bertz CT molecular complexity index is 504. The third-order valence-corrected chi connectivity index (χ3v) is 2.53. The average Bonchev–Trinajstić information content (AvgIpc) is 2.69. The normalized spacial score (nSPS) is 10.6. The van der Waals surface area contributed by atoms with Crippen molar-refractivity contribution < 1.29 is 14.3 Å². The van der Waals surface area contributed by atoms with Crippen LogP contribution in [0.25, 0.3) is 11.0 Å². The zero-order valence-electron chi connectivity index (χ0n) is 9.01. The molecule has 0 aliphatic heterocycles. The molecule has 1 aromatic heterocycles. The van der Waals surface area contributed by atoms with E-state index in [1.807, 2.05) is 36.2 Å². The van der Waals surface area contributed by atoms with Crippen LogP contribution in [0.15, 0.2) is 34.9 Å². The van der Waals surface area contributed by atoms with Crippen molar-refractivity contribution in [1.82, 2.24) is 0 Å². The summed E-state index contributed by atoms with van der Waals surface area (Å²) in [6, 6.07) is 7.70. The maximum Gasteiger partial charge on any atom is 0.305 e. The number of rotatable bonds is 4. The van der Waals surface area contributed by atoms with Crippen molar-refractivity contribution in [2.75, 3.05) is 18.5 Å². The molecule has 0 fully saturated rings. The molecule has 2 rings (SSSR count). The molecule has 4 heteroatoms. The van der Waals surface area contributed by atoms with E-state index in [1.165, 1.54) is 0 Å².